The summed E-state index contributed by atoms with van der Waals surface area (Å²) < 4.78 is 0. The van der Waals surface area contributed by atoms with E-state index in [0.717, 1.165) is 15.9 Å². The second kappa shape index (κ2) is 7.61. The predicted octanol–water partition coefficient (Wildman–Crippen LogP) is 3.65. The molecule has 2 heteroatoms. The molecule has 3 aromatic carbocycles. The largest absolute Gasteiger partial charge is 0.471 e. The molecular weight excluding hydrogens is 323 g/mol. The molecule has 0 amide bonds. The Labute approximate surface area is 150 Å². The minimum Gasteiger partial charge on any atom is -0.471 e. The van der Waals surface area contributed by atoms with Gasteiger partial charge in [0.15, 0.2) is 0 Å². The number of benzene rings is 3. The van der Waals surface area contributed by atoms with Crippen molar-refractivity contribution in [2.45, 2.75) is 6.10 Å². The lowest BCUT2D eigenvalue weighted by atomic mass is 10.3. The lowest BCUT2D eigenvalue weighted by molar-refractivity contribution is 0.261. The number of hydrogen-bond acceptors (Lipinski definition) is 1. The SMILES string of the molecule is [CH-]=C([C@H](O)[C-]=C)[P+](c1ccccc1)(c1ccccc1)c1ccccc1. The summed E-state index contributed by atoms with van der Waals surface area (Å²) in [4.78, 5) is 0. The zero-order valence-electron chi connectivity index (χ0n) is 13.9. The van der Waals surface area contributed by atoms with Gasteiger partial charge in [-0.15, -0.1) is 0 Å². The number of rotatable bonds is 6. The summed E-state index contributed by atoms with van der Waals surface area (Å²) in [5.74, 6) is 0. The van der Waals surface area contributed by atoms with Crippen LogP contribution in [-0.2, 0) is 0 Å². The third-order valence-electron chi connectivity index (χ3n) is 4.29. The molecule has 3 rings (SSSR count). The molecule has 0 aromatic heterocycles. The van der Waals surface area contributed by atoms with Gasteiger partial charge in [0.1, 0.15) is 23.2 Å². The van der Waals surface area contributed by atoms with Crippen molar-refractivity contribution in [2.24, 2.45) is 0 Å². The van der Waals surface area contributed by atoms with Crippen molar-refractivity contribution < 1.29 is 5.11 Å². The summed E-state index contributed by atoms with van der Waals surface area (Å²) in [6, 6.07) is 30.5. The van der Waals surface area contributed by atoms with Crippen molar-refractivity contribution in [3.8, 4) is 0 Å². The molecule has 1 N–H and O–H groups in total. The molecule has 0 heterocycles. The fraction of sp³-hybridized carbons (Fsp3) is 0.0435. The van der Waals surface area contributed by atoms with Gasteiger partial charge < -0.3 is 17.8 Å². The van der Waals surface area contributed by atoms with Gasteiger partial charge in [0.25, 0.3) is 0 Å². The van der Waals surface area contributed by atoms with Crippen molar-refractivity contribution in [1.29, 1.82) is 0 Å². The highest BCUT2D eigenvalue weighted by Gasteiger charge is 2.44. The Morgan fingerprint density at radius 1 is 0.760 bits per heavy atom. The molecular formula is C23H20OP-. The summed E-state index contributed by atoms with van der Waals surface area (Å²) in [7, 11) is -2.38. The highest BCUT2D eigenvalue weighted by molar-refractivity contribution is 7.99. The van der Waals surface area contributed by atoms with Crippen molar-refractivity contribution in [1.82, 2.24) is 0 Å². The van der Waals surface area contributed by atoms with E-state index in [2.05, 4.69) is 49.1 Å². The number of hydrogen-bond donors (Lipinski definition) is 1. The first-order valence-electron chi connectivity index (χ1n) is 8.10. The van der Waals surface area contributed by atoms with Crippen LogP contribution in [0.4, 0.5) is 0 Å². The van der Waals surface area contributed by atoms with Crippen LogP contribution in [0.25, 0.3) is 0 Å². The molecule has 0 fully saturated rings. The monoisotopic (exact) mass is 343 g/mol. The molecule has 0 bridgehead atoms. The van der Waals surface area contributed by atoms with E-state index in [9.17, 15) is 5.11 Å². The zero-order valence-corrected chi connectivity index (χ0v) is 14.8. The Morgan fingerprint density at radius 3 is 1.36 bits per heavy atom. The van der Waals surface area contributed by atoms with Crippen LogP contribution in [-0.4, -0.2) is 11.2 Å². The maximum atomic E-state index is 10.5. The summed E-state index contributed by atoms with van der Waals surface area (Å²) in [6.07, 6.45) is 1.64. The van der Waals surface area contributed by atoms with Crippen molar-refractivity contribution >= 4 is 23.2 Å². The summed E-state index contributed by atoms with van der Waals surface area (Å²) >= 11 is 0. The van der Waals surface area contributed by atoms with E-state index in [1.807, 2.05) is 54.6 Å². The molecule has 0 aliphatic carbocycles. The topological polar surface area (TPSA) is 20.2 Å². The number of aliphatic hydroxyl groups excluding tert-OH is 1. The van der Waals surface area contributed by atoms with E-state index in [1.54, 1.807) is 0 Å². The van der Waals surface area contributed by atoms with Crippen LogP contribution >= 0.6 is 7.26 Å². The molecule has 0 saturated heterocycles. The van der Waals surface area contributed by atoms with E-state index in [1.165, 1.54) is 0 Å². The molecule has 0 radical (unpaired) electrons. The van der Waals surface area contributed by atoms with Crippen molar-refractivity contribution in [3.05, 3.63) is 116 Å². The first kappa shape index (κ1) is 17.4. The molecule has 0 spiro atoms. The molecule has 1 atom stereocenters. The van der Waals surface area contributed by atoms with Crippen LogP contribution in [0.2, 0.25) is 0 Å². The van der Waals surface area contributed by atoms with Crippen LogP contribution in [0.1, 0.15) is 0 Å². The van der Waals surface area contributed by atoms with E-state index in [0.29, 0.717) is 5.31 Å². The average Bonchev–Trinajstić information content (AvgIpc) is 2.70. The minimum absolute atomic E-state index is 0.492. The van der Waals surface area contributed by atoms with Gasteiger partial charge in [-0.2, -0.15) is 0 Å². The number of aliphatic hydroxyl groups is 1. The van der Waals surface area contributed by atoms with Gasteiger partial charge in [-0.25, -0.2) is 0 Å². The molecule has 124 valence electrons. The van der Waals surface area contributed by atoms with Crippen molar-refractivity contribution in [3.63, 3.8) is 0 Å². The fourth-order valence-electron chi connectivity index (χ4n) is 3.14. The standard InChI is InChI=1S/C23H20OP/c1-3-23(24)19(2)25(20-13-7-4-8-14-20,21-15-9-5-10-16-21)22-17-11-6-12-18-22/h2,4-18,23-24H,1H2/q-1/t23-/m1/s1. The average molecular weight is 343 g/mol. The second-order valence-electron chi connectivity index (χ2n) is 5.71. The summed E-state index contributed by atoms with van der Waals surface area (Å²) in [5.41, 5.74) is 0. The van der Waals surface area contributed by atoms with Gasteiger partial charge in [-0.05, 0) is 42.5 Å². The van der Waals surface area contributed by atoms with Gasteiger partial charge in [-0.1, -0.05) is 59.9 Å². The summed E-state index contributed by atoms with van der Waals surface area (Å²) in [6.45, 7) is 10.2. The molecule has 0 saturated carbocycles. The Balaban J connectivity index is 2.40. The van der Waals surface area contributed by atoms with Gasteiger partial charge >= 0.3 is 0 Å². The lowest BCUT2D eigenvalue weighted by Gasteiger charge is -2.38. The fourth-order valence-corrected chi connectivity index (χ4v) is 7.24. The first-order chi connectivity index (χ1) is 12.2. The quantitative estimate of drug-likeness (QED) is 0.535. The third-order valence-corrected chi connectivity index (χ3v) is 8.53. The minimum atomic E-state index is -2.38. The smallest absolute Gasteiger partial charge is 0.106 e. The third kappa shape index (κ3) is 3.09. The first-order valence-corrected chi connectivity index (χ1v) is 9.89. The van der Waals surface area contributed by atoms with E-state index in [-0.39, 0.29) is 0 Å². The van der Waals surface area contributed by atoms with E-state index < -0.39 is 13.4 Å². The lowest BCUT2D eigenvalue weighted by Crippen LogP contribution is -2.35. The summed E-state index contributed by atoms with van der Waals surface area (Å²) in [5, 5.41) is 14.3. The molecule has 0 aliphatic heterocycles. The molecule has 25 heavy (non-hydrogen) atoms. The van der Waals surface area contributed by atoms with E-state index >= 15 is 0 Å². The van der Waals surface area contributed by atoms with Crippen LogP contribution < -0.4 is 15.9 Å². The van der Waals surface area contributed by atoms with Crippen molar-refractivity contribution in [2.75, 3.05) is 0 Å². The maximum Gasteiger partial charge on any atom is 0.106 e. The Hall–Kier alpha value is -2.47. The van der Waals surface area contributed by atoms with Crippen LogP contribution in [0.15, 0.2) is 103 Å². The van der Waals surface area contributed by atoms with Crippen LogP contribution in [0.5, 0.6) is 0 Å². The van der Waals surface area contributed by atoms with Gasteiger partial charge in [-0.3, -0.25) is 6.58 Å². The highest BCUT2D eigenvalue weighted by Crippen LogP contribution is 2.62. The van der Waals surface area contributed by atoms with Gasteiger partial charge in [0.2, 0.25) is 0 Å². The highest BCUT2D eigenvalue weighted by atomic mass is 31.2. The molecule has 0 unspecified atom stereocenters. The Morgan fingerprint density at radius 2 is 1.08 bits per heavy atom. The maximum absolute atomic E-state index is 10.5. The zero-order chi connectivity index (χ0) is 17.7. The molecule has 0 aliphatic rings. The van der Waals surface area contributed by atoms with Gasteiger partial charge in [0.05, 0.1) is 0 Å². The van der Waals surface area contributed by atoms with Crippen LogP contribution in [0, 0.1) is 12.7 Å². The predicted molar refractivity (Wildman–Crippen MR) is 108 cm³/mol. The van der Waals surface area contributed by atoms with Gasteiger partial charge in [0, 0.05) is 0 Å². The Kier molecular flexibility index (Phi) is 5.28. The molecule has 3 aromatic rings. The van der Waals surface area contributed by atoms with E-state index in [4.69, 9.17) is 6.58 Å². The molecule has 1 nitrogen and oxygen atoms in total. The normalized spacial score (nSPS) is 12.4. The second-order valence-corrected chi connectivity index (χ2v) is 9.12. The Bertz CT molecular complexity index is 744. The van der Waals surface area contributed by atoms with Crippen LogP contribution in [0.3, 0.4) is 0 Å².